The van der Waals surface area contributed by atoms with Gasteiger partial charge in [0.05, 0.1) is 25.3 Å². The fourth-order valence-corrected chi connectivity index (χ4v) is 5.42. The summed E-state index contributed by atoms with van der Waals surface area (Å²) in [5.74, 6) is -1.15. The van der Waals surface area contributed by atoms with Crippen molar-refractivity contribution in [2.45, 2.75) is 0 Å². The van der Waals surface area contributed by atoms with Gasteiger partial charge in [-0.25, -0.2) is 9.59 Å². The average molecular weight is 471 g/mol. The maximum atomic E-state index is 13.4. The molecule has 0 fully saturated rings. The second-order valence-electron chi connectivity index (χ2n) is 8.67. The van der Waals surface area contributed by atoms with Gasteiger partial charge < -0.3 is 9.47 Å². The first kappa shape index (κ1) is 21.8. The van der Waals surface area contributed by atoms with Crippen molar-refractivity contribution < 1.29 is 19.1 Å². The molecule has 0 bridgehead atoms. The Kier molecular flexibility index (Phi) is 5.15. The van der Waals surface area contributed by atoms with Crippen LogP contribution in [0.3, 0.4) is 0 Å². The summed E-state index contributed by atoms with van der Waals surface area (Å²) >= 11 is 0. The van der Waals surface area contributed by atoms with Crippen LogP contribution in [-0.4, -0.2) is 26.2 Å². The van der Waals surface area contributed by atoms with E-state index in [0.29, 0.717) is 11.1 Å². The molecule has 174 valence electrons. The van der Waals surface area contributed by atoms with E-state index >= 15 is 0 Å². The zero-order valence-electron chi connectivity index (χ0n) is 19.9. The largest absolute Gasteiger partial charge is 0.465 e. The van der Waals surface area contributed by atoms with Crippen LogP contribution in [0.4, 0.5) is 0 Å². The molecule has 0 radical (unpaired) electrons. The predicted octanol–water partition coefficient (Wildman–Crippen LogP) is 7.39. The van der Waals surface area contributed by atoms with E-state index in [0.717, 1.165) is 44.2 Å². The number of hydrogen-bond acceptors (Lipinski definition) is 4. The van der Waals surface area contributed by atoms with Crippen LogP contribution >= 0.6 is 0 Å². The van der Waals surface area contributed by atoms with Gasteiger partial charge in [-0.2, -0.15) is 0 Å². The Balaban J connectivity index is 1.89. The van der Waals surface area contributed by atoms with Gasteiger partial charge in [0.2, 0.25) is 0 Å². The molecule has 0 aliphatic heterocycles. The Labute approximate surface area is 208 Å². The lowest BCUT2D eigenvalue weighted by Gasteiger charge is -2.20. The highest BCUT2D eigenvalue weighted by atomic mass is 16.5. The molecule has 5 aromatic rings. The third-order valence-corrected chi connectivity index (χ3v) is 6.87. The summed E-state index contributed by atoms with van der Waals surface area (Å²) in [7, 11) is 2.67. The molecule has 0 heterocycles. The van der Waals surface area contributed by atoms with Crippen molar-refractivity contribution >= 4 is 22.7 Å². The van der Waals surface area contributed by atoms with Crippen LogP contribution in [-0.2, 0) is 9.47 Å². The lowest BCUT2D eigenvalue weighted by molar-refractivity contribution is 0.0557. The first-order valence-corrected chi connectivity index (χ1v) is 11.7. The van der Waals surface area contributed by atoms with Gasteiger partial charge in [-0.1, -0.05) is 97.1 Å². The number of carbonyl (C=O) groups excluding carboxylic acids is 2. The van der Waals surface area contributed by atoms with Crippen LogP contribution in [0.15, 0.2) is 97.1 Å². The number of benzene rings is 5. The highest BCUT2D eigenvalue weighted by molar-refractivity contribution is 6.29. The first-order valence-electron chi connectivity index (χ1n) is 11.7. The van der Waals surface area contributed by atoms with E-state index in [1.807, 2.05) is 72.8 Å². The Bertz CT molecular complexity index is 1670. The number of esters is 2. The Hall–Kier alpha value is -4.70. The molecule has 0 unspecified atom stereocenters. The molecule has 0 atom stereocenters. The molecular weight excluding hydrogens is 448 g/mol. The van der Waals surface area contributed by atoms with E-state index in [-0.39, 0.29) is 11.1 Å². The second-order valence-corrected chi connectivity index (χ2v) is 8.67. The maximum Gasteiger partial charge on any atom is 0.339 e. The van der Waals surface area contributed by atoms with Gasteiger partial charge in [-0.05, 0) is 44.2 Å². The zero-order valence-corrected chi connectivity index (χ0v) is 19.9. The molecule has 6 rings (SSSR count). The monoisotopic (exact) mass is 470 g/mol. The van der Waals surface area contributed by atoms with Crippen LogP contribution < -0.4 is 0 Å². The van der Waals surface area contributed by atoms with E-state index in [2.05, 4.69) is 24.3 Å². The lowest BCUT2D eigenvalue weighted by atomic mass is 9.84. The Morgan fingerprint density at radius 2 is 1.00 bits per heavy atom. The van der Waals surface area contributed by atoms with Gasteiger partial charge in [0.25, 0.3) is 0 Å². The summed E-state index contributed by atoms with van der Waals surface area (Å²) in [4.78, 5) is 26.8. The second kappa shape index (κ2) is 8.51. The highest BCUT2D eigenvalue weighted by Crippen LogP contribution is 2.55. The number of methoxy groups -OCH3 is 2. The minimum atomic E-state index is -0.578. The Morgan fingerprint density at radius 3 is 1.58 bits per heavy atom. The molecule has 1 aliphatic carbocycles. The van der Waals surface area contributed by atoms with Crippen molar-refractivity contribution in [3.05, 3.63) is 108 Å². The molecule has 0 N–H and O–H groups in total. The molecule has 0 spiro atoms. The molecule has 0 amide bonds. The SMILES string of the molecule is COC(=O)c1c(C(=O)OC)c2c3c(c(-c4ccccc4)ccc3c1-c1ccccc1)-c1ccccc1-2. The first-order chi connectivity index (χ1) is 17.7. The molecule has 0 saturated carbocycles. The third kappa shape index (κ3) is 3.08. The summed E-state index contributed by atoms with van der Waals surface area (Å²) in [6.07, 6.45) is 0. The van der Waals surface area contributed by atoms with Crippen molar-refractivity contribution in [2.75, 3.05) is 14.2 Å². The van der Waals surface area contributed by atoms with Crippen molar-refractivity contribution in [1.82, 2.24) is 0 Å². The topological polar surface area (TPSA) is 52.6 Å². The molecule has 1 aliphatic rings. The summed E-state index contributed by atoms with van der Waals surface area (Å²) in [5.41, 5.74) is 7.74. The molecule has 5 aromatic carbocycles. The molecule has 4 nitrogen and oxygen atoms in total. The molecule has 4 heteroatoms. The quantitative estimate of drug-likeness (QED) is 0.252. The minimum absolute atomic E-state index is 0.216. The zero-order chi connectivity index (χ0) is 24.8. The van der Waals surface area contributed by atoms with Gasteiger partial charge in [0.15, 0.2) is 0 Å². The fourth-order valence-electron chi connectivity index (χ4n) is 5.42. The van der Waals surface area contributed by atoms with Crippen LogP contribution in [0.5, 0.6) is 0 Å². The van der Waals surface area contributed by atoms with Gasteiger partial charge in [-0.3, -0.25) is 0 Å². The van der Waals surface area contributed by atoms with Gasteiger partial charge in [0, 0.05) is 11.1 Å². The predicted molar refractivity (Wildman–Crippen MR) is 142 cm³/mol. The van der Waals surface area contributed by atoms with Gasteiger partial charge in [-0.15, -0.1) is 0 Å². The van der Waals surface area contributed by atoms with Gasteiger partial charge in [0.1, 0.15) is 0 Å². The van der Waals surface area contributed by atoms with Crippen LogP contribution in [0.2, 0.25) is 0 Å². The summed E-state index contributed by atoms with van der Waals surface area (Å²) in [6, 6.07) is 32.0. The minimum Gasteiger partial charge on any atom is -0.465 e. The fraction of sp³-hybridized carbons (Fsp3) is 0.0625. The van der Waals surface area contributed by atoms with E-state index in [9.17, 15) is 9.59 Å². The number of ether oxygens (including phenoxy) is 2. The number of carbonyl (C=O) groups is 2. The van der Waals surface area contributed by atoms with Crippen LogP contribution in [0.1, 0.15) is 20.7 Å². The lowest BCUT2D eigenvalue weighted by Crippen LogP contribution is -2.15. The smallest absolute Gasteiger partial charge is 0.339 e. The van der Waals surface area contributed by atoms with Gasteiger partial charge >= 0.3 is 11.9 Å². The Morgan fingerprint density at radius 1 is 0.500 bits per heavy atom. The standard InChI is InChI=1S/C32H22O4/c1-35-31(33)29-25(20-13-7-4-8-14-20)24-18-17-21(19-11-5-3-6-12-19)26-22-15-9-10-16-23(22)27(28(24)26)30(29)32(34)36-2/h3-18H,1-2H3. The molecule has 0 saturated heterocycles. The molecule has 36 heavy (non-hydrogen) atoms. The van der Waals surface area contributed by atoms with Crippen molar-refractivity contribution in [3.63, 3.8) is 0 Å². The number of hydrogen-bond donors (Lipinski definition) is 0. The maximum absolute atomic E-state index is 13.4. The molecule has 0 aromatic heterocycles. The van der Waals surface area contributed by atoms with E-state index < -0.39 is 11.9 Å². The van der Waals surface area contributed by atoms with Crippen LogP contribution in [0.25, 0.3) is 55.3 Å². The van der Waals surface area contributed by atoms with Crippen molar-refractivity contribution in [3.8, 4) is 44.5 Å². The van der Waals surface area contributed by atoms with E-state index in [4.69, 9.17) is 9.47 Å². The van der Waals surface area contributed by atoms with Crippen molar-refractivity contribution in [1.29, 1.82) is 0 Å². The average Bonchev–Trinajstić information content (AvgIpc) is 3.29. The summed E-state index contributed by atoms with van der Waals surface area (Å²) in [5, 5.41) is 1.82. The van der Waals surface area contributed by atoms with Crippen molar-refractivity contribution in [2.24, 2.45) is 0 Å². The third-order valence-electron chi connectivity index (χ3n) is 6.87. The van der Waals surface area contributed by atoms with Crippen LogP contribution in [0, 0.1) is 0 Å². The highest BCUT2D eigenvalue weighted by Gasteiger charge is 2.36. The number of fused-ring (bicyclic) bond motifs is 3. The summed E-state index contributed by atoms with van der Waals surface area (Å²) < 4.78 is 10.5. The summed E-state index contributed by atoms with van der Waals surface area (Å²) in [6.45, 7) is 0. The number of rotatable bonds is 4. The van der Waals surface area contributed by atoms with E-state index in [1.54, 1.807) is 0 Å². The van der Waals surface area contributed by atoms with E-state index in [1.165, 1.54) is 14.2 Å². The molecular formula is C32H22O4. The normalized spacial score (nSPS) is 11.3.